The van der Waals surface area contributed by atoms with Crippen LogP contribution in [0.5, 0.6) is 11.5 Å². The molecular weight excluding hydrogens is 694 g/mol. The zero-order valence-corrected chi connectivity index (χ0v) is 30.0. The van der Waals surface area contributed by atoms with Crippen molar-refractivity contribution in [1.29, 1.82) is 0 Å². The van der Waals surface area contributed by atoms with Gasteiger partial charge in [-0.3, -0.25) is 9.59 Å². The average molecular weight is 732 g/mol. The van der Waals surface area contributed by atoms with E-state index in [1.165, 1.54) is 28.4 Å². The van der Waals surface area contributed by atoms with Gasteiger partial charge in [-0.05, 0) is 66.6 Å². The van der Waals surface area contributed by atoms with Gasteiger partial charge < -0.3 is 44.9 Å². The van der Waals surface area contributed by atoms with E-state index in [2.05, 4.69) is 5.32 Å². The molecule has 4 heterocycles. The van der Waals surface area contributed by atoms with Crippen LogP contribution in [-0.4, -0.2) is 77.8 Å². The highest BCUT2D eigenvalue weighted by Gasteiger charge is 2.27. The number of nitrogens with two attached hydrogens (primary N) is 2. The maximum atomic E-state index is 13.4. The number of hydrogen-bond acceptors (Lipinski definition) is 11. The molecule has 54 heavy (non-hydrogen) atoms. The van der Waals surface area contributed by atoms with Gasteiger partial charge in [-0.15, -0.1) is 0 Å². The van der Waals surface area contributed by atoms with E-state index < -0.39 is 23.8 Å². The number of ether oxygens (including phenoxy) is 4. The SMILES string of the molecule is COC(=O)c1cc2ccc1-c1nc3c(OC)c(C(N)=O)ccc3n1CCn1c(nc3c(OC)c(C(N)=O)ccc31)-c1cc(ccc1C(=O)OC)CCNC2. The third-order valence-electron chi connectivity index (χ3n) is 9.62. The van der Waals surface area contributed by atoms with Crippen LogP contribution in [0, 0.1) is 0 Å². The number of carbonyl (C=O) groups excluding carboxylic acids is 4. The van der Waals surface area contributed by atoms with E-state index in [4.69, 9.17) is 40.4 Å². The van der Waals surface area contributed by atoms with Crippen LogP contribution >= 0.6 is 0 Å². The minimum Gasteiger partial charge on any atom is -0.494 e. The molecule has 4 bridgehead atoms. The summed E-state index contributed by atoms with van der Waals surface area (Å²) in [5, 5.41) is 3.44. The summed E-state index contributed by atoms with van der Waals surface area (Å²) < 4.78 is 25.6. The van der Waals surface area contributed by atoms with E-state index in [0.717, 1.165) is 11.1 Å². The number of fused-ring (bicyclic) bond motifs is 8. The number of amides is 2. The first-order valence-electron chi connectivity index (χ1n) is 17.0. The van der Waals surface area contributed by atoms with Gasteiger partial charge >= 0.3 is 11.9 Å². The smallest absolute Gasteiger partial charge is 0.338 e. The lowest BCUT2D eigenvalue weighted by Gasteiger charge is -2.16. The predicted molar refractivity (Wildman–Crippen MR) is 199 cm³/mol. The lowest BCUT2D eigenvalue weighted by molar-refractivity contribution is 0.0592. The topological polar surface area (TPSA) is 205 Å². The van der Waals surface area contributed by atoms with Crippen molar-refractivity contribution < 1.29 is 38.1 Å². The fourth-order valence-corrected chi connectivity index (χ4v) is 7.06. The Hall–Kier alpha value is -6.74. The van der Waals surface area contributed by atoms with Gasteiger partial charge in [-0.2, -0.15) is 0 Å². The van der Waals surface area contributed by atoms with Crippen molar-refractivity contribution >= 4 is 45.8 Å². The Balaban J connectivity index is 1.55. The van der Waals surface area contributed by atoms with Gasteiger partial charge in [-0.25, -0.2) is 19.6 Å². The van der Waals surface area contributed by atoms with Gasteiger partial charge in [0.2, 0.25) is 0 Å². The zero-order chi connectivity index (χ0) is 38.3. The molecule has 0 unspecified atom stereocenters. The van der Waals surface area contributed by atoms with E-state index in [1.54, 1.807) is 36.4 Å². The molecular formula is C39H37N7O8. The van der Waals surface area contributed by atoms with Crippen LogP contribution in [0.1, 0.15) is 52.6 Å². The summed E-state index contributed by atoms with van der Waals surface area (Å²) in [5.74, 6) is -1.33. The number of hydrogen-bond donors (Lipinski definition) is 3. The van der Waals surface area contributed by atoms with E-state index in [0.29, 0.717) is 69.9 Å². The molecule has 0 atom stereocenters. The molecule has 2 aliphatic rings. The molecule has 5 N–H and O–H groups in total. The number of nitrogens with zero attached hydrogens (tertiary/aromatic N) is 4. The first-order valence-corrected chi connectivity index (χ1v) is 17.0. The molecule has 0 saturated carbocycles. The summed E-state index contributed by atoms with van der Waals surface area (Å²) in [5.41, 5.74) is 16.9. The number of methoxy groups -OCH3 is 4. The van der Waals surface area contributed by atoms with Crippen LogP contribution in [0.3, 0.4) is 0 Å². The lowest BCUT2D eigenvalue weighted by Crippen LogP contribution is -2.17. The summed E-state index contributed by atoms with van der Waals surface area (Å²) in [4.78, 5) is 61.5. The Morgan fingerprint density at radius 1 is 0.630 bits per heavy atom. The largest absolute Gasteiger partial charge is 0.494 e. The Bertz CT molecular complexity index is 2520. The number of aromatic nitrogens is 4. The number of aryl methyl sites for hydroxylation is 2. The van der Waals surface area contributed by atoms with Crippen molar-refractivity contribution in [1.82, 2.24) is 24.4 Å². The highest BCUT2D eigenvalue weighted by atomic mass is 16.5. The first-order chi connectivity index (χ1) is 26.1. The number of primary amides is 2. The quantitative estimate of drug-likeness (QED) is 0.210. The van der Waals surface area contributed by atoms with Gasteiger partial charge in [0, 0.05) is 30.8 Å². The van der Waals surface area contributed by atoms with Gasteiger partial charge in [0.05, 0.1) is 61.7 Å². The molecule has 0 saturated heterocycles. The molecule has 2 aromatic heterocycles. The standard InChI is InChI=1S/C39H37N7O8/c1-51-32-24(34(40)47)9-11-28-30(32)43-36-22-7-6-21(18-27(22)39(50)54-4)19-42-14-13-20-5-8-23(38(49)53-3)26(17-20)37-44-31-29(46(37)16-15-45(28)36)12-10-25(35(41)48)33(31)52-2/h5-12,17-18,42H,13-16,19H2,1-4H3,(H2,40,47)(H2,41,48). The average Bonchev–Trinajstić information content (AvgIpc) is 3.74. The fraction of sp³-hybridized carbons (Fsp3) is 0.231. The molecule has 0 spiro atoms. The van der Waals surface area contributed by atoms with Crippen LogP contribution in [0.4, 0.5) is 0 Å². The second kappa shape index (κ2) is 14.4. The molecule has 2 amide bonds. The molecule has 4 aromatic carbocycles. The number of rotatable bonds is 6. The Kier molecular flexibility index (Phi) is 9.48. The number of imidazole rings is 2. The maximum Gasteiger partial charge on any atom is 0.338 e. The van der Waals surface area contributed by atoms with Crippen LogP contribution in [0.25, 0.3) is 44.8 Å². The second-order valence-corrected chi connectivity index (χ2v) is 12.6. The van der Waals surface area contributed by atoms with Crippen molar-refractivity contribution in [2.24, 2.45) is 11.5 Å². The summed E-state index contributed by atoms with van der Waals surface area (Å²) in [6, 6.07) is 17.6. The first kappa shape index (κ1) is 35.7. The van der Waals surface area contributed by atoms with Gasteiger partial charge in [0.15, 0.2) is 11.5 Å². The normalized spacial score (nSPS) is 12.8. The van der Waals surface area contributed by atoms with Crippen molar-refractivity contribution in [3.8, 4) is 34.3 Å². The lowest BCUT2D eigenvalue weighted by atomic mass is 10.0. The van der Waals surface area contributed by atoms with E-state index >= 15 is 0 Å². The second-order valence-electron chi connectivity index (χ2n) is 12.6. The molecule has 6 aromatic rings. The van der Waals surface area contributed by atoms with E-state index in [9.17, 15) is 19.2 Å². The van der Waals surface area contributed by atoms with E-state index in [1.807, 2.05) is 33.4 Å². The molecule has 8 rings (SSSR count). The summed E-state index contributed by atoms with van der Waals surface area (Å²) in [6.07, 6.45) is 0.599. The molecule has 0 aliphatic carbocycles. The zero-order valence-electron chi connectivity index (χ0n) is 30.0. The summed E-state index contributed by atoms with van der Waals surface area (Å²) >= 11 is 0. The monoisotopic (exact) mass is 731 g/mol. The highest BCUT2D eigenvalue weighted by Crippen LogP contribution is 2.38. The van der Waals surface area contributed by atoms with Crippen LogP contribution in [0.2, 0.25) is 0 Å². The molecule has 0 fully saturated rings. The predicted octanol–water partition coefficient (Wildman–Crippen LogP) is 3.85. The molecule has 15 heteroatoms. The Morgan fingerprint density at radius 2 is 1.15 bits per heavy atom. The highest BCUT2D eigenvalue weighted by molar-refractivity contribution is 6.04. The van der Waals surface area contributed by atoms with Crippen LogP contribution in [0.15, 0.2) is 60.7 Å². The van der Waals surface area contributed by atoms with E-state index in [-0.39, 0.29) is 41.3 Å². The number of carbonyl (C=O) groups is 4. The van der Waals surface area contributed by atoms with Gasteiger partial charge in [0.25, 0.3) is 11.8 Å². The molecule has 2 aliphatic heterocycles. The van der Waals surface area contributed by atoms with Crippen LogP contribution < -0.4 is 26.3 Å². The number of esters is 2. The third kappa shape index (κ3) is 6.03. The minimum atomic E-state index is -0.694. The molecule has 15 nitrogen and oxygen atoms in total. The minimum absolute atomic E-state index is 0.140. The third-order valence-corrected chi connectivity index (χ3v) is 9.62. The maximum absolute atomic E-state index is 13.4. The van der Waals surface area contributed by atoms with Gasteiger partial charge in [0.1, 0.15) is 22.7 Å². The summed E-state index contributed by atoms with van der Waals surface area (Å²) in [6.45, 7) is 1.46. The number of benzene rings is 4. The molecule has 276 valence electrons. The fourth-order valence-electron chi connectivity index (χ4n) is 7.06. The van der Waals surface area contributed by atoms with Crippen molar-refractivity contribution in [2.45, 2.75) is 26.1 Å². The Morgan fingerprint density at radius 3 is 1.69 bits per heavy atom. The van der Waals surface area contributed by atoms with Crippen molar-refractivity contribution in [3.05, 3.63) is 94.0 Å². The van der Waals surface area contributed by atoms with Crippen LogP contribution in [-0.2, 0) is 35.5 Å². The van der Waals surface area contributed by atoms with Crippen molar-refractivity contribution in [2.75, 3.05) is 35.0 Å². The number of nitrogens with one attached hydrogen (secondary N) is 1. The Labute approximate surface area is 308 Å². The van der Waals surface area contributed by atoms with Crippen molar-refractivity contribution in [3.63, 3.8) is 0 Å². The van der Waals surface area contributed by atoms with Gasteiger partial charge in [-0.1, -0.05) is 18.2 Å². The summed E-state index contributed by atoms with van der Waals surface area (Å²) in [7, 11) is 5.49. The molecule has 0 radical (unpaired) electrons.